The van der Waals surface area contributed by atoms with Crippen molar-refractivity contribution in [3.8, 4) is 11.8 Å². The Kier molecular flexibility index (Phi) is 2.02. The minimum atomic E-state index is -1.48. The molecule has 6 nitrogen and oxygen atoms in total. The second kappa shape index (κ2) is 3.22. The minimum Gasteiger partial charge on any atom is -0.427 e. The molecule has 1 aliphatic rings. The van der Waals surface area contributed by atoms with Crippen LogP contribution in [0.25, 0.3) is 0 Å². The Labute approximate surface area is 84.5 Å². The molecule has 1 aromatic carbocycles. The largest absolute Gasteiger partial charge is 0.427 e. The third-order valence-electron chi connectivity index (χ3n) is 2.18. The maximum Gasteiger partial charge on any atom is 0.384 e. The molecule has 0 fully saturated rings. The number of hydrogen-bond donors (Lipinski definition) is 1. The third-order valence-corrected chi connectivity index (χ3v) is 2.18. The van der Waals surface area contributed by atoms with E-state index in [1.165, 1.54) is 18.2 Å². The van der Waals surface area contributed by atoms with E-state index < -0.39 is 17.3 Å². The Morgan fingerprint density at radius 2 is 2.33 bits per heavy atom. The average Bonchev–Trinajstić information content (AvgIpc) is 2.56. The van der Waals surface area contributed by atoms with Crippen molar-refractivity contribution in [3.63, 3.8) is 0 Å². The van der Waals surface area contributed by atoms with Gasteiger partial charge in [-0.15, -0.1) is 0 Å². The van der Waals surface area contributed by atoms with E-state index in [-0.39, 0.29) is 11.3 Å². The van der Waals surface area contributed by atoms with Crippen molar-refractivity contribution in [1.29, 1.82) is 5.26 Å². The zero-order valence-corrected chi connectivity index (χ0v) is 7.45. The van der Waals surface area contributed by atoms with Gasteiger partial charge in [-0.3, -0.25) is 10.1 Å². The molecule has 0 radical (unpaired) electrons. The maximum atomic E-state index is 10.5. The van der Waals surface area contributed by atoms with E-state index in [2.05, 4.69) is 0 Å². The number of hydrogen-bond acceptors (Lipinski definition) is 5. The molecule has 0 saturated heterocycles. The molecule has 0 bridgehead atoms. The molecule has 1 aliphatic heterocycles. The fraction of sp³-hybridized carbons (Fsp3) is 0.222. The van der Waals surface area contributed by atoms with Gasteiger partial charge >= 0.3 is 6.23 Å². The van der Waals surface area contributed by atoms with Crippen molar-refractivity contribution in [2.75, 3.05) is 0 Å². The lowest BCUT2D eigenvalue weighted by Gasteiger charge is -2.04. The van der Waals surface area contributed by atoms with E-state index in [1.807, 2.05) is 6.07 Å². The number of nitriles is 1. The maximum absolute atomic E-state index is 10.5. The summed E-state index contributed by atoms with van der Waals surface area (Å²) in [5.74, 6) is 0.253. The van der Waals surface area contributed by atoms with Crippen LogP contribution < -0.4 is 4.74 Å². The van der Waals surface area contributed by atoms with Gasteiger partial charge in [-0.25, -0.2) is 0 Å². The Hall–Kier alpha value is -2.13. The molecule has 76 valence electrons. The summed E-state index contributed by atoms with van der Waals surface area (Å²) < 4.78 is 4.92. The van der Waals surface area contributed by atoms with E-state index in [9.17, 15) is 15.2 Å². The van der Waals surface area contributed by atoms with Gasteiger partial charge in [0, 0.05) is 5.56 Å². The standard InChI is InChI=1S/C9H6N2O4/c10-4-5-1-2-7-6(3-5)8(12)9(15-7)11(13)14/h1-3,8-9,12H/t8-,9-/m1/s1. The number of fused-ring (bicyclic) bond motifs is 1. The first-order valence-corrected chi connectivity index (χ1v) is 4.16. The highest BCUT2D eigenvalue weighted by atomic mass is 16.7. The summed E-state index contributed by atoms with van der Waals surface area (Å²) in [6.45, 7) is 0. The molecule has 15 heavy (non-hydrogen) atoms. The summed E-state index contributed by atoms with van der Waals surface area (Å²) in [6.07, 6.45) is -2.79. The van der Waals surface area contributed by atoms with Gasteiger partial charge in [0.25, 0.3) is 0 Å². The lowest BCUT2D eigenvalue weighted by atomic mass is 10.1. The first kappa shape index (κ1) is 9.43. The lowest BCUT2D eigenvalue weighted by molar-refractivity contribution is -0.572. The smallest absolute Gasteiger partial charge is 0.384 e. The van der Waals surface area contributed by atoms with Gasteiger partial charge in [0.1, 0.15) is 5.75 Å². The summed E-state index contributed by atoms with van der Waals surface area (Å²) in [4.78, 5) is 9.79. The van der Waals surface area contributed by atoms with Crippen molar-refractivity contribution in [3.05, 3.63) is 39.4 Å². The molecule has 1 aromatic rings. The van der Waals surface area contributed by atoms with E-state index >= 15 is 0 Å². The van der Waals surface area contributed by atoms with E-state index in [0.717, 1.165) is 0 Å². The molecular weight excluding hydrogens is 200 g/mol. The molecule has 0 spiro atoms. The molecule has 0 unspecified atom stereocenters. The van der Waals surface area contributed by atoms with Crippen molar-refractivity contribution < 1.29 is 14.8 Å². The lowest BCUT2D eigenvalue weighted by Crippen LogP contribution is -2.27. The highest BCUT2D eigenvalue weighted by Gasteiger charge is 2.41. The van der Waals surface area contributed by atoms with E-state index in [4.69, 9.17) is 10.00 Å². The minimum absolute atomic E-state index is 0.253. The molecule has 2 atom stereocenters. The molecule has 0 aromatic heterocycles. The molecule has 0 aliphatic carbocycles. The third kappa shape index (κ3) is 1.39. The molecule has 6 heteroatoms. The van der Waals surface area contributed by atoms with Crippen LogP contribution in [0.1, 0.15) is 17.2 Å². The summed E-state index contributed by atoms with van der Waals surface area (Å²) in [6, 6.07) is 6.20. The van der Waals surface area contributed by atoms with Gasteiger partial charge in [-0.05, 0) is 18.2 Å². The number of ether oxygens (including phenoxy) is 1. The zero-order valence-electron chi connectivity index (χ0n) is 7.45. The van der Waals surface area contributed by atoms with Gasteiger partial charge in [0.15, 0.2) is 6.10 Å². The number of aliphatic hydroxyl groups excluding tert-OH is 1. The summed E-state index contributed by atoms with van der Waals surface area (Å²) in [7, 11) is 0. The molecule has 0 amide bonds. The van der Waals surface area contributed by atoms with Gasteiger partial charge in [0.05, 0.1) is 16.6 Å². The van der Waals surface area contributed by atoms with Crippen LogP contribution in [-0.2, 0) is 0 Å². The van der Waals surface area contributed by atoms with Crippen LogP contribution >= 0.6 is 0 Å². The molecule has 0 saturated carbocycles. The highest BCUT2D eigenvalue weighted by molar-refractivity contribution is 5.45. The van der Waals surface area contributed by atoms with Crippen LogP contribution in [0.15, 0.2) is 18.2 Å². The second-order valence-corrected chi connectivity index (χ2v) is 3.10. The number of nitrogens with zero attached hydrogens (tertiary/aromatic N) is 2. The SMILES string of the molecule is N#Cc1ccc2c(c1)[C@@H](O)[C@H]([N+](=O)[O-])O2. The van der Waals surface area contributed by atoms with Gasteiger partial charge in [0.2, 0.25) is 0 Å². The molecule has 2 rings (SSSR count). The first-order chi connectivity index (χ1) is 7.13. The fourth-order valence-corrected chi connectivity index (χ4v) is 1.46. The first-order valence-electron chi connectivity index (χ1n) is 4.16. The Morgan fingerprint density at radius 3 is 2.93 bits per heavy atom. The Bertz CT molecular complexity index is 466. The summed E-state index contributed by atoms with van der Waals surface area (Å²) >= 11 is 0. The zero-order chi connectivity index (χ0) is 11.0. The van der Waals surface area contributed by atoms with Crippen molar-refractivity contribution in [1.82, 2.24) is 0 Å². The number of rotatable bonds is 1. The van der Waals surface area contributed by atoms with E-state index in [1.54, 1.807) is 0 Å². The van der Waals surface area contributed by atoms with Crippen LogP contribution in [0.5, 0.6) is 5.75 Å². The van der Waals surface area contributed by atoms with Crippen molar-refractivity contribution in [2.24, 2.45) is 0 Å². The Morgan fingerprint density at radius 1 is 1.60 bits per heavy atom. The number of nitro groups is 1. The highest BCUT2D eigenvalue weighted by Crippen LogP contribution is 2.37. The van der Waals surface area contributed by atoms with Crippen LogP contribution in [-0.4, -0.2) is 16.3 Å². The second-order valence-electron chi connectivity index (χ2n) is 3.10. The topological polar surface area (TPSA) is 96.4 Å². The summed E-state index contributed by atoms with van der Waals surface area (Å²) in [5.41, 5.74) is 0.621. The monoisotopic (exact) mass is 206 g/mol. The summed E-state index contributed by atoms with van der Waals surface area (Å²) in [5, 5.41) is 28.7. The predicted octanol–water partition coefficient (Wildman–Crippen LogP) is 0.587. The average molecular weight is 206 g/mol. The van der Waals surface area contributed by atoms with Gasteiger partial charge in [-0.2, -0.15) is 5.26 Å². The van der Waals surface area contributed by atoms with Gasteiger partial charge < -0.3 is 9.84 Å². The van der Waals surface area contributed by atoms with Crippen LogP contribution in [0, 0.1) is 21.4 Å². The molecular formula is C9H6N2O4. The quantitative estimate of drug-likeness (QED) is 0.535. The fourth-order valence-electron chi connectivity index (χ4n) is 1.46. The van der Waals surface area contributed by atoms with Crippen molar-refractivity contribution >= 4 is 0 Å². The number of benzene rings is 1. The van der Waals surface area contributed by atoms with Crippen LogP contribution in [0.3, 0.4) is 0 Å². The normalized spacial score (nSPS) is 22.7. The van der Waals surface area contributed by atoms with Crippen LogP contribution in [0.2, 0.25) is 0 Å². The van der Waals surface area contributed by atoms with E-state index in [0.29, 0.717) is 5.56 Å². The van der Waals surface area contributed by atoms with Crippen LogP contribution in [0.4, 0.5) is 0 Å². The number of aliphatic hydroxyl groups is 1. The predicted molar refractivity (Wildman–Crippen MR) is 47.5 cm³/mol. The van der Waals surface area contributed by atoms with Gasteiger partial charge in [-0.1, -0.05) is 0 Å². The molecule has 1 N–H and O–H groups in total. The van der Waals surface area contributed by atoms with Crippen molar-refractivity contribution in [2.45, 2.75) is 12.3 Å². The Balaban J connectivity index is 2.42. The molecule has 1 heterocycles.